The maximum absolute atomic E-state index is 14.5. The second-order valence-electron chi connectivity index (χ2n) is 7.82. The van der Waals surface area contributed by atoms with Crippen LogP contribution < -0.4 is 16.4 Å². The van der Waals surface area contributed by atoms with E-state index in [-0.39, 0.29) is 12.0 Å². The Morgan fingerprint density at radius 3 is 2.88 bits per heavy atom. The van der Waals surface area contributed by atoms with E-state index in [9.17, 15) is 4.39 Å². The molecule has 0 saturated heterocycles. The van der Waals surface area contributed by atoms with Gasteiger partial charge in [0, 0.05) is 31.2 Å². The fourth-order valence-corrected chi connectivity index (χ4v) is 4.91. The average molecular weight is 447 g/mol. The zero-order chi connectivity index (χ0) is 21.9. The zero-order valence-electron chi connectivity index (χ0n) is 17.3. The highest BCUT2D eigenvalue weighted by atomic mass is 32.1. The van der Waals surface area contributed by atoms with Gasteiger partial charge in [-0.05, 0) is 35.2 Å². The number of nitrogens with zero attached hydrogens (tertiary/aromatic N) is 3. The van der Waals surface area contributed by atoms with Gasteiger partial charge in [-0.1, -0.05) is 36.4 Å². The summed E-state index contributed by atoms with van der Waals surface area (Å²) in [7, 11) is 0. The number of halogens is 1. The zero-order valence-corrected chi connectivity index (χ0v) is 18.1. The monoisotopic (exact) mass is 446 g/mol. The Kier molecular flexibility index (Phi) is 5.79. The van der Waals surface area contributed by atoms with Crippen molar-refractivity contribution in [1.29, 1.82) is 0 Å². The topological polar surface area (TPSA) is 88.8 Å². The lowest BCUT2D eigenvalue weighted by molar-refractivity contribution is 0.623. The van der Waals surface area contributed by atoms with E-state index in [0.29, 0.717) is 23.8 Å². The fraction of sp³-hybridized carbons (Fsp3) is 0.208. The lowest BCUT2D eigenvalue weighted by Gasteiger charge is -2.15. The molecule has 0 fully saturated rings. The lowest BCUT2D eigenvalue weighted by Crippen LogP contribution is -2.31. The van der Waals surface area contributed by atoms with Gasteiger partial charge in [-0.25, -0.2) is 14.4 Å². The van der Waals surface area contributed by atoms with E-state index in [4.69, 9.17) is 10.7 Å². The summed E-state index contributed by atoms with van der Waals surface area (Å²) in [5, 5.41) is 8.76. The Labute approximate surface area is 189 Å². The van der Waals surface area contributed by atoms with Crippen LogP contribution in [0.4, 0.5) is 10.2 Å². The highest BCUT2D eigenvalue weighted by Gasteiger charge is 2.21. The van der Waals surface area contributed by atoms with E-state index < -0.39 is 5.82 Å². The first-order valence-corrected chi connectivity index (χ1v) is 11.4. The second-order valence-corrected chi connectivity index (χ2v) is 8.70. The Balaban J connectivity index is 1.49. The highest BCUT2D eigenvalue weighted by molar-refractivity contribution is 7.18. The van der Waals surface area contributed by atoms with Crippen molar-refractivity contribution >= 4 is 27.4 Å². The van der Waals surface area contributed by atoms with E-state index in [2.05, 4.69) is 44.2 Å². The van der Waals surface area contributed by atoms with Crippen LogP contribution in [0.15, 0.2) is 66.4 Å². The van der Waals surface area contributed by atoms with E-state index in [1.54, 1.807) is 23.6 Å². The van der Waals surface area contributed by atoms with E-state index >= 15 is 0 Å². The molecular weight excluding hydrogens is 423 g/mol. The SMILES string of the molecule is N[C@H](CNc1nc(-c2ccncc2F)nc2c(C3C=CNC3)csc12)Cc1ccccc1. The van der Waals surface area contributed by atoms with Crippen LogP contribution >= 0.6 is 11.3 Å². The first kappa shape index (κ1) is 20.5. The molecule has 6 nitrogen and oxygen atoms in total. The van der Waals surface area contributed by atoms with Crippen molar-refractivity contribution in [1.82, 2.24) is 20.3 Å². The van der Waals surface area contributed by atoms with Crippen LogP contribution in [-0.4, -0.2) is 34.1 Å². The molecule has 2 atom stereocenters. The van der Waals surface area contributed by atoms with E-state index in [1.165, 1.54) is 11.8 Å². The molecule has 8 heteroatoms. The number of nitrogens with one attached hydrogen (secondary N) is 2. The van der Waals surface area contributed by atoms with Gasteiger partial charge in [-0.3, -0.25) is 4.98 Å². The molecule has 1 unspecified atom stereocenters. The number of thiophene rings is 1. The van der Waals surface area contributed by atoms with Gasteiger partial charge in [0.2, 0.25) is 0 Å². The molecule has 0 bridgehead atoms. The molecule has 3 aromatic heterocycles. The van der Waals surface area contributed by atoms with Crippen molar-refractivity contribution in [2.45, 2.75) is 18.4 Å². The Morgan fingerprint density at radius 1 is 1.22 bits per heavy atom. The minimum absolute atomic E-state index is 0.0927. The van der Waals surface area contributed by atoms with Crippen molar-refractivity contribution in [3.8, 4) is 11.4 Å². The minimum atomic E-state index is -0.446. The van der Waals surface area contributed by atoms with Crippen LogP contribution in [0.25, 0.3) is 21.6 Å². The third-order valence-electron chi connectivity index (χ3n) is 5.51. The van der Waals surface area contributed by atoms with Crippen molar-refractivity contribution in [2.75, 3.05) is 18.4 Å². The van der Waals surface area contributed by atoms with Crippen LogP contribution in [0.5, 0.6) is 0 Å². The maximum atomic E-state index is 14.5. The van der Waals surface area contributed by atoms with Crippen LogP contribution in [0.1, 0.15) is 17.0 Å². The number of nitrogens with two attached hydrogens (primary N) is 1. The molecular formula is C24H23FN6S. The smallest absolute Gasteiger partial charge is 0.165 e. The summed E-state index contributed by atoms with van der Waals surface area (Å²) < 4.78 is 15.4. The van der Waals surface area contributed by atoms with Crippen LogP contribution in [0.3, 0.4) is 0 Å². The number of rotatable bonds is 7. The first-order valence-electron chi connectivity index (χ1n) is 10.5. The van der Waals surface area contributed by atoms with Gasteiger partial charge >= 0.3 is 0 Å². The van der Waals surface area contributed by atoms with Gasteiger partial charge in [0.25, 0.3) is 0 Å². The summed E-state index contributed by atoms with van der Waals surface area (Å²) in [4.78, 5) is 13.3. The van der Waals surface area contributed by atoms with E-state index in [0.717, 1.165) is 28.7 Å². The summed E-state index contributed by atoms with van der Waals surface area (Å²) in [6.45, 7) is 1.36. The molecule has 32 heavy (non-hydrogen) atoms. The van der Waals surface area contributed by atoms with Gasteiger partial charge in [0.15, 0.2) is 11.6 Å². The normalized spacial score (nSPS) is 16.2. The maximum Gasteiger partial charge on any atom is 0.165 e. The summed E-state index contributed by atoms with van der Waals surface area (Å²) in [5.74, 6) is 0.793. The minimum Gasteiger partial charge on any atom is -0.390 e. The fourth-order valence-electron chi connectivity index (χ4n) is 3.87. The number of pyridine rings is 1. The lowest BCUT2D eigenvalue weighted by atomic mass is 10.0. The molecule has 162 valence electrons. The number of hydrogen-bond acceptors (Lipinski definition) is 7. The average Bonchev–Trinajstić information content (AvgIpc) is 3.48. The molecule has 1 aromatic carbocycles. The Bertz CT molecular complexity index is 1260. The highest BCUT2D eigenvalue weighted by Crippen LogP contribution is 2.37. The largest absolute Gasteiger partial charge is 0.390 e. The van der Waals surface area contributed by atoms with Crippen molar-refractivity contribution in [3.63, 3.8) is 0 Å². The number of aromatic nitrogens is 3. The predicted octanol–water partition coefficient (Wildman–Crippen LogP) is 4.07. The summed E-state index contributed by atoms with van der Waals surface area (Å²) in [5.41, 5.74) is 9.86. The number of hydrogen-bond donors (Lipinski definition) is 3. The summed E-state index contributed by atoms with van der Waals surface area (Å²) in [6, 6.07) is 11.7. The molecule has 0 aliphatic carbocycles. The van der Waals surface area contributed by atoms with Crippen LogP contribution in [-0.2, 0) is 6.42 Å². The van der Waals surface area contributed by atoms with Gasteiger partial charge < -0.3 is 16.4 Å². The summed E-state index contributed by atoms with van der Waals surface area (Å²) >= 11 is 1.60. The van der Waals surface area contributed by atoms with Gasteiger partial charge in [0.1, 0.15) is 5.82 Å². The van der Waals surface area contributed by atoms with Crippen molar-refractivity contribution in [2.24, 2.45) is 5.73 Å². The van der Waals surface area contributed by atoms with Gasteiger partial charge in [-0.2, -0.15) is 0 Å². The molecule has 0 saturated carbocycles. The third-order valence-corrected chi connectivity index (χ3v) is 6.51. The Hall–Kier alpha value is -3.36. The van der Waals surface area contributed by atoms with Crippen LogP contribution in [0.2, 0.25) is 0 Å². The standard InChI is InChI=1S/C24H23FN6S/c25-20-13-28-9-7-18(20)23-30-21-19(16-6-8-27-11-16)14-32-22(21)24(31-23)29-12-17(26)10-15-4-2-1-3-5-15/h1-9,13-14,16-17,27H,10-12,26H2,(H,29,30,31)/t16?,17-/m0/s1. The van der Waals surface area contributed by atoms with Crippen molar-refractivity contribution in [3.05, 3.63) is 83.4 Å². The van der Waals surface area contributed by atoms with Crippen LogP contribution in [0, 0.1) is 5.82 Å². The Morgan fingerprint density at radius 2 is 2.09 bits per heavy atom. The van der Waals surface area contributed by atoms with E-state index in [1.807, 2.05) is 24.4 Å². The molecule has 0 amide bonds. The predicted molar refractivity (Wildman–Crippen MR) is 127 cm³/mol. The molecule has 1 aliphatic rings. The van der Waals surface area contributed by atoms with Gasteiger partial charge in [0.05, 0.1) is 22.0 Å². The molecule has 5 rings (SSSR count). The molecule has 4 aromatic rings. The molecule has 4 heterocycles. The summed E-state index contributed by atoms with van der Waals surface area (Å²) in [6.07, 6.45) is 7.57. The van der Waals surface area contributed by atoms with Gasteiger partial charge in [-0.15, -0.1) is 11.3 Å². The quantitative estimate of drug-likeness (QED) is 0.397. The second kappa shape index (κ2) is 9.02. The first-order chi connectivity index (χ1) is 15.7. The molecule has 4 N–H and O–H groups in total. The molecule has 1 aliphatic heterocycles. The number of benzene rings is 1. The third kappa shape index (κ3) is 4.19. The molecule has 0 spiro atoms. The van der Waals surface area contributed by atoms with Crippen molar-refractivity contribution < 1.29 is 4.39 Å². The number of fused-ring (bicyclic) bond motifs is 1. The number of anilines is 1. The molecule has 0 radical (unpaired) electrons.